The summed E-state index contributed by atoms with van der Waals surface area (Å²) < 4.78 is 13.8. The van der Waals surface area contributed by atoms with E-state index >= 15 is 0 Å². The van der Waals surface area contributed by atoms with Gasteiger partial charge in [-0.1, -0.05) is 18.5 Å². The molecule has 8 heteroatoms. The lowest BCUT2D eigenvalue weighted by Crippen LogP contribution is -2.46. The number of hydrogen-bond acceptors (Lipinski definition) is 4. The van der Waals surface area contributed by atoms with Crippen LogP contribution < -0.4 is 11.1 Å². The molecular formula is C20H22ClFN4O2. The number of anilines is 2. The van der Waals surface area contributed by atoms with Crippen molar-refractivity contribution in [1.29, 1.82) is 0 Å². The molecule has 28 heavy (non-hydrogen) atoms. The molecular weight excluding hydrogens is 383 g/mol. The first-order valence-electron chi connectivity index (χ1n) is 9.04. The number of amides is 2. The highest BCUT2D eigenvalue weighted by atomic mass is 35.5. The summed E-state index contributed by atoms with van der Waals surface area (Å²) in [5.74, 6) is -1.32. The predicted octanol–water partition coefficient (Wildman–Crippen LogP) is 3.70. The lowest BCUT2D eigenvalue weighted by atomic mass is 9.89. The number of halogens is 2. The van der Waals surface area contributed by atoms with Gasteiger partial charge in [0.1, 0.15) is 11.6 Å². The number of rotatable bonds is 2. The highest BCUT2D eigenvalue weighted by Crippen LogP contribution is 2.35. The van der Waals surface area contributed by atoms with Gasteiger partial charge in [0.25, 0.3) is 0 Å². The molecule has 0 aliphatic carbocycles. The van der Waals surface area contributed by atoms with Crippen LogP contribution in [0.5, 0.6) is 0 Å². The summed E-state index contributed by atoms with van der Waals surface area (Å²) in [5, 5.41) is 2.83. The van der Waals surface area contributed by atoms with Crippen LogP contribution in [0.2, 0.25) is 5.02 Å². The van der Waals surface area contributed by atoms with E-state index in [-0.39, 0.29) is 10.9 Å². The van der Waals surface area contributed by atoms with Gasteiger partial charge in [-0.2, -0.15) is 0 Å². The smallest absolute Gasteiger partial charge is 0.313 e. The number of aryl methyl sites for hydroxylation is 1. The third-order valence-corrected chi connectivity index (χ3v) is 5.14. The summed E-state index contributed by atoms with van der Waals surface area (Å²) in [6.07, 6.45) is 2.89. The minimum absolute atomic E-state index is 0.234. The number of nitrogens with two attached hydrogens (primary N) is 1. The number of likely N-dealkylation sites (tertiary alicyclic amines) is 1. The Morgan fingerprint density at radius 2 is 2.04 bits per heavy atom. The molecule has 1 aromatic carbocycles. The second kappa shape index (κ2) is 8.14. The molecule has 2 aromatic rings. The van der Waals surface area contributed by atoms with Gasteiger partial charge in [0.2, 0.25) is 0 Å². The summed E-state index contributed by atoms with van der Waals surface area (Å²) in [6, 6.07) is 5.45. The number of hydrogen-bond donors (Lipinski definition) is 2. The van der Waals surface area contributed by atoms with E-state index < -0.39 is 23.7 Å². The van der Waals surface area contributed by atoms with Crippen molar-refractivity contribution in [1.82, 2.24) is 9.88 Å². The minimum Gasteiger partial charge on any atom is -0.383 e. The molecule has 0 saturated carbocycles. The average molecular weight is 405 g/mol. The van der Waals surface area contributed by atoms with E-state index in [1.807, 2.05) is 6.92 Å². The first kappa shape index (κ1) is 20.1. The largest absolute Gasteiger partial charge is 0.383 e. The number of pyridine rings is 1. The normalized spacial score (nSPS) is 19.4. The summed E-state index contributed by atoms with van der Waals surface area (Å²) >= 11 is 5.98. The number of nitrogens with zero attached hydrogens (tertiary/aromatic N) is 2. The van der Waals surface area contributed by atoms with Crippen molar-refractivity contribution in [2.75, 3.05) is 17.6 Å². The van der Waals surface area contributed by atoms with Crippen molar-refractivity contribution < 1.29 is 14.0 Å². The van der Waals surface area contributed by atoms with Gasteiger partial charge in [0.05, 0.1) is 17.9 Å². The van der Waals surface area contributed by atoms with Crippen molar-refractivity contribution >= 4 is 34.9 Å². The number of nitrogen functional groups attached to an aromatic ring is 1. The summed E-state index contributed by atoms with van der Waals surface area (Å²) in [6.45, 7) is 4.18. The van der Waals surface area contributed by atoms with Gasteiger partial charge in [0.15, 0.2) is 0 Å². The molecule has 1 unspecified atom stereocenters. The maximum atomic E-state index is 13.8. The van der Waals surface area contributed by atoms with Crippen LogP contribution in [0.25, 0.3) is 0 Å². The number of piperidine rings is 1. The van der Waals surface area contributed by atoms with Gasteiger partial charge >= 0.3 is 11.8 Å². The topological polar surface area (TPSA) is 88.3 Å². The molecule has 2 amide bonds. The Hall–Kier alpha value is -2.67. The standard InChI is InChI=1S/C20H22ClFN4O2/c1-11-3-4-17(13-6-14(21)8-15(22)7-13)26(10-11)20(28)19(27)25-16-5-12(2)18(23)24-9-16/h5-9,11,17H,3-4,10H2,1-2H3,(H2,23,24)(H,25,27)/t11-,17?/m0/s1. The lowest BCUT2D eigenvalue weighted by molar-refractivity contribution is -0.146. The number of carbonyl (C=O) groups excluding carboxylic acids is 2. The van der Waals surface area contributed by atoms with Crippen LogP contribution in [0.15, 0.2) is 30.5 Å². The lowest BCUT2D eigenvalue weighted by Gasteiger charge is -2.38. The molecule has 1 saturated heterocycles. The molecule has 1 fully saturated rings. The third kappa shape index (κ3) is 4.42. The van der Waals surface area contributed by atoms with E-state index in [1.54, 1.807) is 19.1 Å². The Balaban J connectivity index is 1.83. The van der Waals surface area contributed by atoms with Gasteiger partial charge in [-0.05, 0) is 61.1 Å². The van der Waals surface area contributed by atoms with Crippen LogP contribution in [0.1, 0.15) is 36.9 Å². The van der Waals surface area contributed by atoms with Crippen LogP contribution in [0.4, 0.5) is 15.9 Å². The summed E-state index contributed by atoms with van der Waals surface area (Å²) in [4.78, 5) is 30.9. The van der Waals surface area contributed by atoms with Crippen molar-refractivity contribution in [2.45, 2.75) is 32.7 Å². The predicted molar refractivity (Wildman–Crippen MR) is 106 cm³/mol. The molecule has 2 heterocycles. The second-order valence-corrected chi connectivity index (χ2v) is 7.68. The van der Waals surface area contributed by atoms with E-state index in [0.29, 0.717) is 35.6 Å². The molecule has 0 spiro atoms. The molecule has 0 radical (unpaired) electrons. The fourth-order valence-electron chi connectivity index (χ4n) is 3.46. The van der Waals surface area contributed by atoms with E-state index in [9.17, 15) is 14.0 Å². The van der Waals surface area contributed by atoms with Crippen molar-refractivity contribution in [3.63, 3.8) is 0 Å². The SMILES string of the molecule is Cc1cc(NC(=O)C(=O)N2C[C@@H](C)CCC2c2cc(F)cc(Cl)c2)cnc1N. The highest BCUT2D eigenvalue weighted by molar-refractivity contribution is 6.39. The minimum atomic E-state index is -0.771. The number of nitrogens with one attached hydrogen (secondary N) is 1. The Kier molecular flexibility index (Phi) is 5.84. The molecule has 3 N–H and O–H groups in total. The van der Waals surface area contributed by atoms with Crippen LogP contribution in [0, 0.1) is 18.7 Å². The third-order valence-electron chi connectivity index (χ3n) is 4.92. The number of benzene rings is 1. The van der Waals surface area contributed by atoms with Gasteiger partial charge < -0.3 is 16.0 Å². The Labute approximate surface area is 167 Å². The van der Waals surface area contributed by atoms with Gasteiger partial charge in [-0.15, -0.1) is 0 Å². The zero-order valence-electron chi connectivity index (χ0n) is 15.7. The molecule has 2 atom stereocenters. The van der Waals surface area contributed by atoms with Gasteiger partial charge in [-0.3, -0.25) is 9.59 Å². The molecule has 3 rings (SSSR count). The maximum absolute atomic E-state index is 13.8. The molecule has 1 aliphatic rings. The van der Waals surface area contributed by atoms with Crippen LogP contribution in [-0.2, 0) is 9.59 Å². The zero-order chi connectivity index (χ0) is 20.4. The van der Waals surface area contributed by atoms with E-state index in [1.165, 1.54) is 23.2 Å². The van der Waals surface area contributed by atoms with Crippen molar-refractivity contribution in [2.24, 2.45) is 5.92 Å². The molecule has 6 nitrogen and oxygen atoms in total. The quantitative estimate of drug-likeness (QED) is 0.747. The monoisotopic (exact) mass is 404 g/mol. The summed E-state index contributed by atoms with van der Waals surface area (Å²) in [5.41, 5.74) is 7.35. The Bertz CT molecular complexity index is 901. The summed E-state index contributed by atoms with van der Waals surface area (Å²) in [7, 11) is 0. The fourth-order valence-corrected chi connectivity index (χ4v) is 3.69. The Morgan fingerprint density at radius 1 is 1.29 bits per heavy atom. The van der Waals surface area contributed by atoms with E-state index in [4.69, 9.17) is 17.3 Å². The zero-order valence-corrected chi connectivity index (χ0v) is 16.5. The maximum Gasteiger partial charge on any atom is 0.313 e. The molecule has 1 aliphatic heterocycles. The molecule has 148 valence electrons. The molecule has 1 aromatic heterocycles. The number of carbonyl (C=O) groups is 2. The number of aromatic nitrogens is 1. The first-order valence-corrected chi connectivity index (χ1v) is 9.42. The molecule has 0 bridgehead atoms. The fraction of sp³-hybridized carbons (Fsp3) is 0.350. The highest BCUT2D eigenvalue weighted by Gasteiger charge is 2.34. The van der Waals surface area contributed by atoms with Crippen LogP contribution in [0.3, 0.4) is 0 Å². The first-order chi connectivity index (χ1) is 13.2. The van der Waals surface area contributed by atoms with Gasteiger partial charge in [-0.25, -0.2) is 9.37 Å². The van der Waals surface area contributed by atoms with Crippen molar-refractivity contribution in [3.05, 3.63) is 52.4 Å². The van der Waals surface area contributed by atoms with Gasteiger partial charge in [0, 0.05) is 11.6 Å². The van der Waals surface area contributed by atoms with Crippen LogP contribution in [-0.4, -0.2) is 28.2 Å². The van der Waals surface area contributed by atoms with Crippen molar-refractivity contribution in [3.8, 4) is 0 Å². The Morgan fingerprint density at radius 3 is 2.71 bits per heavy atom. The second-order valence-electron chi connectivity index (χ2n) is 7.24. The average Bonchev–Trinajstić information content (AvgIpc) is 2.63. The van der Waals surface area contributed by atoms with Crippen LogP contribution >= 0.6 is 11.6 Å². The van der Waals surface area contributed by atoms with E-state index in [2.05, 4.69) is 10.3 Å². The van der Waals surface area contributed by atoms with E-state index in [0.717, 1.165) is 6.42 Å².